The Hall–Kier alpha value is -1.61. The zero-order chi connectivity index (χ0) is 17.4. The summed E-state index contributed by atoms with van der Waals surface area (Å²) in [7, 11) is 1.76. The van der Waals surface area contributed by atoms with E-state index in [0.29, 0.717) is 6.54 Å². The molecular weight excluding hydrogens is 447 g/mol. The zero-order valence-electron chi connectivity index (χ0n) is 14.7. The van der Waals surface area contributed by atoms with Crippen LogP contribution in [0.4, 0.5) is 5.69 Å². The Morgan fingerprint density at radius 2 is 1.80 bits per heavy atom. The lowest BCUT2D eigenvalue weighted by Gasteiger charge is -2.12. The fourth-order valence-corrected chi connectivity index (χ4v) is 2.63. The molecule has 0 aliphatic rings. The van der Waals surface area contributed by atoms with E-state index in [1.807, 2.05) is 44.2 Å². The predicted molar refractivity (Wildman–Crippen MR) is 117 cm³/mol. The van der Waals surface area contributed by atoms with E-state index >= 15 is 0 Å². The number of nitrogens with zero attached hydrogens (tertiary/aromatic N) is 1. The van der Waals surface area contributed by atoms with E-state index in [9.17, 15) is 4.79 Å². The number of hydrogen-bond donors (Lipinski definition) is 3. The van der Waals surface area contributed by atoms with Gasteiger partial charge in [-0.2, -0.15) is 0 Å². The molecule has 3 N–H and O–H groups in total. The van der Waals surface area contributed by atoms with Crippen LogP contribution in [-0.4, -0.2) is 18.9 Å². The lowest BCUT2D eigenvalue weighted by atomic mass is 10.1. The maximum absolute atomic E-state index is 11.7. The van der Waals surface area contributed by atoms with Gasteiger partial charge in [-0.05, 0) is 29.1 Å². The maximum atomic E-state index is 11.7. The monoisotopic (exact) mass is 472 g/mol. The SMILES string of the molecule is CN=C(NCc1ccc(NC(=O)C(C)C)cc1)NCc1cccs1.I. The van der Waals surface area contributed by atoms with Gasteiger partial charge in [0.15, 0.2) is 5.96 Å². The highest BCUT2D eigenvalue weighted by atomic mass is 127. The predicted octanol–water partition coefficient (Wildman–Crippen LogP) is 3.83. The van der Waals surface area contributed by atoms with Crippen molar-refractivity contribution in [2.24, 2.45) is 10.9 Å². The van der Waals surface area contributed by atoms with Crippen molar-refractivity contribution in [3.05, 3.63) is 52.2 Å². The molecular formula is C18H25IN4OS. The Labute approximate surface area is 170 Å². The summed E-state index contributed by atoms with van der Waals surface area (Å²) in [5.74, 6) is 0.767. The number of benzene rings is 1. The average Bonchev–Trinajstić information content (AvgIpc) is 3.09. The van der Waals surface area contributed by atoms with Crippen LogP contribution in [0.25, 0.3) is 0 Å². The molecule has 0 radical (unpaired) electrons. The highest BCUT2D eigenvalue weighted by Gasteiger charge is 2.06. The van der Waals surface area contributed by atoms with Crippen LogP contribution in [0.5, 0.6) is 0 Å². The fraction of sp³-hybridized carbons (Fsp3) is 0.333. The largest absolute Gasteiger partial charge is 0.352 e. The molecule has 0 saturated heterocycles. The molecule has 0 aliphatic heterocycles. The number of halogens is 1. The number of thiophene rings is 1. The van der Waals surface area contributed by atoms with Crippen LogP contribution in [0.3, 0.4) is 0 Å². The molecule has 0 unspecified atom stereocenters. The summed E-state index contributed by atoms with van der Waals surface area (Å²) in [6.45, 7) is 5.19. The molecule has 0 saturated carbocycles. The summed E-state index contributed by atoms with van der Waals surface area (Å²) in [6, 6.07) is 12.0. The smallest absolute Gasteiger partial charge is 0.226 e. The summed E-state index contributed by atoms with van der Waals surface area (Å²) in [4.78, 5) is 17.2. The van der Waals surface area contributed by atoms with Gasteiger partial charge in [-0.25, -0.2) is 0 Å². The van der Waals surface area contributed by atoms with Crippen molar-refractivity contribution in [3.8, 4) is 0 Å². The number of carbonyl (C=O) groups is 1. The second-order valence-corrected chi connectivity index (χ2v) is 6.73. The molecule has 7 heteroatoms. The Kier molecular flexibility index (Phi) is 9.51. The van der Waals surface area contributed by atoms with Crippen molar-refractivity contribution in [2.75, 3.05) is 12.4 Å². The van der Waals surface area contributed by atoms with Gasteiger partial charge >= 0.3 is 0 Å². The van der Waals surface area contributed by atoms with Crippen LogP contribution >= 0.6 is 35.3 Å². The molecule has 2 rings (SSSR count). The number of anilines is 1. The first-order valence-corrected chi connectivity index (χ1v) is 8.83. The Morgan fingerprint density at radius 1 is 1.12 bits per heavy atom. The van der Waals surface area contributed by atoms with Gasteiger partial charge in [0, 0.05) is 30.1 Å². The van der Waals surface area contributed by atoms with Crippen LogP contribution in [0.2, 0.25) is 0 Å². The van der Waals surface area contributed by atoms with Crippen LogP contribution in [0, 0.1) is 5.92 Å². The van der Waals surface area contributed by atoms with Crippen molar-refractivity contribution >= 4 is 52.9 Å². The highest BCUT2D eigenvalue weighted by Crippen LogP contribution is 2.11. The van der Waals surface area contributed by atoms with E-state index in [2.05, 4.69) is 32.4 Å². The van der Waals surface area contributed by atoms with Gasteiger partial charge in [-0.15, -0.1) is 35.3 Å². The molecule has 0 atom stereocenters. The highest BCUT2D eigenvalue weighted by molar-refractivity contribution is 14.0. The van der Waals surface area contributed by atoms with Gasteiger partial charge in [0.1, 0.15) is 0 Å². The second kappa shape index (κ2) is 11.1. The first-order valence-electron chi connectivity index (χ1n) is 7.95. The molecule has 136 valence electrons. The number of carbonyl (C=O) groups excluding carboxylic acids is 1. The number of guanidine groups is 1. The molecule has 2 aromatic rings. The third-order valence-corrected chi connectivity index (χ3v) is 4.32. The third-order valence-electron chi connectivity index (χ3n) is 3.44. The van der Waals surface area contributed by atoms with Crippen LogP contribution in [-0.2, 0) is 17.9 Å². The molecule has 25 heavy (non-hydrogen) atoms. The minimum atomic E-state index is -0.0240. The molecule has 1 aromatic heterocycles. The molecule has 0 fully saturated rings. The molecule has 1 heterocycles. The van der Waals surface area contributed by atoms with E-state index in [1.54, 1.807) is 18.4 Å². The van der Waals surface area contributed by atoms with E-state index < -0.39 is 0 Å². The standard InChI is InChI=1S/C18H24N4OS.HI/c1-13(2)17(23)22-15-8-6-14(7-9-15)11-20-18(19-3)21-12-16-5-4-10-24-16;/h4-10,13H,11-12H2,1-3H3,(H,22,23)(H2,19,20,21);1H. The van der Waals surface area contributed by atoms with Gasteiger partial charge in [-0.3, -0.25) is 9.79 Å². The fourth-order valence-electron chi connectivity index (χ4n) is 1.98. The van der Waals surface area contributed by atoms with E-state index in [1.165, 1.54) is 4.88 Å². The molecule has 1 aromatic carbocycles. The average molecular weight is 472 g/mol. The second-order valence-electron chi connectivity index (χ2n) is 5.70. The maximum Gasteiger partial charge on any atom is 0.226 e. The Balaban J connectivity index is 0.00000312. The Morgan fingerprint density at radius 3 is 2.36 bits per heavy atom. The van der Waals surface area contributed by atoms with Crippen LogP contribution < -0.4 is 16.0 Å². The third kappa shape index (κ3) is 7.43. The minimum Gasteiger partial charge on any atom is -0.352 e. The molecule has 0 bridgehead atoms. The van der Waals surface area contributed by atoms with Gasteiger partial charge in [0.05, 0.1) is 6.54 Å². The Bertz CT molecular complexity index is 669. The van der Waals surface area contributed by atoms with Crippen molar-refractivity contribution in [1.82, 2.24) is 10.6 Å². The van der Waals surface area contributed by atoms with Gasteiger partial charge in [0.25, 0.3) is 0 Å². The summed E-state index contributed by atoms with van der Waals surface area (Å²) in [5.41, 5.74) is 1.94. The van der Waals surface area contributed by atoms with Crippen molar-refractivity contribution in [1.29, 1.82) is 0 Å². The van der Waals surface area contributed by atoms with E-state index in [4.69, 9.17) is 0 Å². The summed E-state index contributed by atoms with van der Waals surface area (Å²) in [6.07, 6.45) is 0. The van der Waals surface area contributed by atoms with Crippen molar-refractivity contribution in [3.63, 3.8) is 0 Å². The number of aliphatic imine (C=N–C) groups is 1. The summed E-state index contributed by atoms with van der Waals surface area (Å²) < 4.78 is 0. The zero-order valence-corrected chi connectivity index (χ0v) is 17.9. The van der Waals surface area contributed by atoms with Crippen LogP contribution in [0.15, 0.2) is 46.8 Å². The number of nitrogens with one attached hydrogen (secondary N) is 3. The van der Waals surface area contributed by atoms with Gasteiger partial charge in [-0.1, -0.05) is 32.0 Å². The first-order chi connectivity index (χ1) is 11.6. The number of hydrogen-bond acceptors (Lipinski definition) is 3. The first kappa shape index (κ1) is 21.4. The van der Waals surface area contributed by atoms with Crippen molar-refractivity contribution < 1.29 is 4.79 Å². The topological polar surface area (TPSA) is 65.5 Å². The quantitative estimate of drug-likeness (QED) is 0.340. The van der Waals surface area contributed by atoms with Crippen LogP contribution in [0.1, 0.15) is 24.3 Å². The molecule has 5 nitrogen and oxygen atoms in total. The molecule has 0 spiro atoms. The minimum absolute atomic E-state index is 0. The lowest BCUT2D eigenvalue weighted by Crippen LogP contribution is -2.36. The summed E-state index contributed by atoms with van der Waals surface area (Å²) >= 11 is 1.72. The van der Waals surface area contributed by atoms with E-state index in [-0.39, 0.29) is 35.8 Å². The normalized spacial score (nSPS) is 11.0. The summed E-state index contributed by atoms with van der Waals surface area (Å²) in [5, 5.41) is 11.5. The van der Waals surface area contributed by atoms with Gasteiger partial charge < -0.3 is 16.0 Å². The molecule has 0 aliphatic carbocycles. The lowest BCUT2D eigenvalue weighted by molar-refractivity contribution is -0.118. The number of rotatable bonds is 6. The van der Waals surface area contributed by atoms with E-state index in [0.717, 1.165) is 23.8 Å². The number of amides is 1. The van der Waals surface area contributed by atoms with Crippen molar-refractivity contribution in [2.45, 2.75) is 26.9 Å². The molecule has 1 amide bonds. The van der Waals surface area contributed by atoms with Gasteiger partial charge in [0.2, 0.25) is 5.91 Å².